The van der Waals surface area contributed by atoms with Gasteiger partial charge in [-0.05, 0) is 55.6 Å². The number of alkyl halides is 3. The second-order valence-corrected chi connectivity index (χ2v) is 6.92. The molecule has 2 aromatic rings. The molecular formula is C18H22ClF3N4O. The fourth-order valence-electron chi connectivity index (χ4n) is 3.11. The van der Waals surface area contributed by atoms with Crippen LogP contribution in [0.4, 0.5) is 13.2 Å². The van der Waals surface area contributed by atoms with Gasteiger partial charge in [0.2, 0.25) is 0 Å². The van der Waals surface area contributed by atoms with Crippen LogP contribution in [0.2, 0.25) is 0 Å². The average Bonchev–Trinajstić information content (AvgIpc) is 3.11. The van der Waals surface area contributed by atoms with E-state index in [4.69, 9.17) is 0 Å². The normalized spacial score (nSPS) is 16.4. The zero-order chi connectivity index (χ0) is 18.8. The first-order chi connectivity index (χ1) is 12.3. The second-order valence-electron chi connectivity index (χ2n) is 6.92. The minimum absolute atomic E-state index is 0. The predicted octanol–water partition coefficient (Wildman–Crippen LogP) is 3.43. The van der Waals surface area contributed by atoms with Crippen LogP contribution in [0, 0.1) is 5.41 Å². The highest BCUT2D eigenvalue weighted by Gasteiger charge is 2.35. The van der Waals surface area contributed by atoms with Crippen LogP contribution in [0.3, 0.4) is 0 Å². The predicted molar refractivity (Wildman–Crippen MR) is 98.4 cm³/mol. The summed E-state index contributed by atoms with van der Waals surface area (Å²) in [7, 11) is 0. The number of aromatic nitrogens is 2. The number of carbonyl (C=O) groups is 1. The van der Waals surface area contributed by atoms with Gasteiger partial charge < -0.3 is 10.6 Å². The van der Waals surface area contributed by atoms with Crippen molar-refractivity contribution in [3.63, 3.8) is 0 Å². The molecule has 3 rings (SSSR count). The molecule has 0 radical (unpaired) electrons. The maximum Gasteiger partial charge on any atom is 0.433 e. The number of hydrogen-bond donors (Lipinski definition) is 2. The number of halogens is 4. The summed E-state index contributed by atoms with van der Waals surface area (Å²) in [6.07, 6.45) is -1.49. The van der Waals surface area contributed by atoms with Crippen molar-refractivity contribution in [2.24, 2.45) is 5.41 Å². The van der Waals surface area contributed by atoms with Crippen LogP contribution in [-0.2, 0) is 6.18 Å². The van der Waals surface area contributed by atoms with E-state index in [-0.39, 0.29) is 29.4 Å². The van der Waals surface area contributed by atoms with Gasteiger partial charge in [0.05, 0.1) is 11.9 Å². The number of carbonyl (C=O) groups excluding carboxylic acids is 1. The van der Waals surface area contributed by atoms with Gasteiger partial charge in [-0.1, -0.05) is 13.0 Å². The van der Waals surface area contributed by atoms with Gasteiger partial charge in [0.25, 0.3) is 5.91 Å². The number of nitrogens with zero attached hydrogens (tertiary/aromatic N) is 2. The van der Waals surface area contributed by atoms with Crippen LogP contribution in [0.5, 0.6) is 0 Å². The first-order valence-electron chi connectivity index (χ1n) is 8.49. The highest BCUT2D eigenvalue weighted by atomic mass is 35.5. The quantitative estimate of drug-likeness (QED) is 0.823. The van der Waals surface area contributed by atoms with E-state index in [1.807, 2.05) is 0 Å². The summed E-state index contributed by atoms with van der Waals surface area (Å²) in [5, 5.41) is 9.94. The molecule has 2 N–H and O–H groups in total. The number of rotatable bonds is 4. The number of piperidine rings is 1. The summed E-state index contributed by atoms with van der Waals surface area (Å²) in [4.78, 5) is 12.5. The Morgan fingerprint density at radius 3 is 2.67 bits per heavy atom. The Hall–Kier alpha value is -2.06. The monoisotopic (exact) mass is 402 g/mol. The molecule has 1 aromatic heterocycles. The molecule has 1 fully saturated rings. The molecule has 9 heteroatoms. The van der Waals surface area contributed by atoms with E-state index in [9.17, 15) is 18.0 Å². The van der Waals surface area contributed by atoms with E-state index in [0.29, 0.717) is 12.1 Å². The maximum atomic E-state index is 13.1. The fourth-order valence-corrected chi connectivity index (χ4v) is 3.11. The lowest BCUT2D eigenvalue weighted by atomic mass is 9.81. The lowest BCUT2D eigenvalue weighted by Crippen LogP contribution is -2.42. The molecule has 1 saturated heterocycles. The smallest absolute Gasteiger partial charge is 0.351 e. The molecule has 0 bridgehead atoms. The van der Waals surface area contributed by atoms with Gasteiger partial charge >= 0.3 is 6.18 Å². The standard InChI is InChI=1S/C18H21F3N4O.ClH/c1-17(6-9-22-10-7-17)12-23-16(26)13-3-2-4-14(11-13)25-15(5-8-24-25)18(19,20)21;/h2-5,8,11,22H,6-7,9-10,12H2,1H3,(H,23,26);1H. The Balaban J connectivity index is 0.00000261. The Morgan fingerprint density at radius 2 is 2.00 bits per heavy atom. The molecule has 0 spiro atoms. The third kappa shape index (κ3) is 5.01. The van der Waals surface area contributed by atoms with Gasteiger partial charge in [-0.3, -0.25) is 4.79 Å². The number of hydrogen-bond acceptors (Lipinski definition) is 3. The lowest BCUT2D eigenvalue weighted by Gasteiger charge is -2.34. The highest BCUT2D eigenvalue weighted by Crippen LogP contribution is 2.30. The largest absolute Gasteiger partial charge is 0.433 e. The first kappa shape index (κ1) is 21.2. The summed E-state index contributed by atoms with van der Waals surface area (Å²) in [5.74, 6) is -0.299. The van der Waals surface area contributed by atoms with E-state index in [1.165, 1.54) is 12.1 Å². The van der Waals surface area contributed by atoms with Crippen molar-refractivity contribution in [1.29, 1.82) is 0 Å². The Labute approximate surface area is 161 Å². The van der Waals surface area contributed by atoms with E-state index in [1.54, 1.807) is 12.1 Å². The molecule has 0 atom stereocenters. The first-order valence-corrected chi connectivity index (χ1v) is 8.49. The number of benzene rings is 1. The molecule has 0 aliphatic carbocycles. The van der Waals surface area contributed by atoms with Crippen molar-refractivity contribution in [2.45, 2.75) is 25.9 Å². The van der Waals surface area contributed by atoms with Gasteiger partial charge in [-0.25, -0.2) is 4.68 Å². The van der Waals surface area contributed by atoms with Gasteiger partial charge in [0, 0.05) is 12.1 Å². The summed E-state index contributed by atoms with van der Waals surface area (Å²) in [5.41, 5.74) is -0.340. The molecule has 5 nitrogen and oxygen atoms in total. The maximum absolute atomic E-state index is 13.1. The highest BCUT2D eigenvalue weighted by molar-refractivity contribution is 5.94. The van der Waals surface area contributed by atoms with Gasteiger partial charge in [0.1, 0.15) is 5.69 Å². The Kier molecular flexibility index (Phi) is 6.54. The van der Waals surface area contributed by atoms with Gasteiger partial charge in [-0.15, -0.1) is 12.4 Å². The van der Waals surface area contributed by atoms with Crippen LogP contribution in [0.25, 0.3) is 5.69 Å². The molecule has 1 amide bonds. The molecule has 27 heavy (non-hydrogen) atoms. The van der Waals surface area contributed by atoms with Crippen molar-refractivity contribution in [3.8, 4) is 5.69 Å². The summed E-state index contributed by atoms with van der Waals surface area (Å²) >= 11 is 0. The molecule has 148 valence electrons. The number of amides is 1. The molecule has 1 aromatic carbocycles. The van der Waals surface area contributed by atoms with Gasteiger partial charge in [-0.2, -0.15) is 18.3 Å². The van der Waals surface area contributed by atoms with E-state index < -0.39 is 11.9 Å². The molecule has 1 aliphatic heterocycles. The van der Waals surface area contributed by atoms with Gasteiger partial charge in [0.15, 0.2) is 0 Å². The van der Waals surface area contributed by atoms with Crippen LogP contribution in [0.1, 0.15) is 35.8 Å². The van der Waals surface area contributed by atoms with Crippen molar-refractivity contribution < 1.29 is 18.0 Å². The zero-order valence-corrected chi connectivity index (χ0v) is 15.7. The number of nitrogens with one attached hydrogen (secondary N) is 2. The summed E-state index contributed by atoms with van der Waals surface area (Å²) in [6, 6.07) is 6.96. The van der Waals surface area contributed by atoms with Crippen LogP contribution in [-0.4, -0.2) is 35.3 Å². The Bertz CT molecular complexity index is 785. The minimum atomic E-state index is -4.52. The minimum Gasteiger partial charge on any atom is -0.351 e. The van der Waals surface area contributed by atoms with E-state index >= 15 is 0 Å². The summed E-state index contributed by atoms with van der Waals surface area (Å²) in [6.45, 7) is 4.50. The lowest BCUT2D eigenvalue weighted by molar-refractivity contribution is -0.142. The van der Waals surface area contributed by atoms with Crippen molar-refractivity contribution in [3.05, 3.63) is 47.8 Å². The SMILES string of the molecule is CC1(CNC(=O)c2cccc(-n3nccc3C(F)(F)F)c2)CCNCC1.Cl. The van der Waals surface area contributed by atoms with E-state index in [0.717, 1.165) is 42.9 Å². The summed E-state index contributed by atoms with van der Waals surface area (Å²) < 4.78 is 39.9. The zero-order valence-electron chi connectivity index (χ0n) is 14.8. The molecule has 0 saturated carbocycles. The third-order valence-corrected chi connectivity index (χ3v) is 4.77. The van der Waals surface area contributed by atoms with Crippen molar-refractivity contribution >= 4 is 18.3 Å². The molecule has 2 heterocycles. The third-order valence-electron chi connectivity index (χ3n) is 4.77. The fraction of sp³-hybridized carbons (Fsp3) is 0.444. The molecule has 1 aliphatic rings. The van der Waals surface area contributed by atoms with Crippen LogP contribution in [0.15, 0.2) is 36.5 Å². The van der Waals surface area contributed by atoms with Crippen LogP contribution >= 0.6 is 12.4 Å². The van der Waals surface area contributed by atoms with Crippen molar-refractivity contribution in [2.75, 3.05) is 19.6 Å². The van der Waals surface area contributed by atoms with Crippen LogP contribution < -0.4 is 10.6 Å². The van der Waals surface area contributed by atoms with Crippen molar-refractivity contribution in [1.82, 2.24) is 20.4 Å². The Morgan fingerprint density at radius 1 is 1.30 bits per heavy atom. The topological polar surface area (TPSA) is 59.0 Å². The van der Waals surface area contributed by atoms with E-state index in [2.05, 4.69) is 22.7 Å². The second kappa shape index (κ2) is 8.31. The molecule has 0 unspecified atom stereocenters. The molecular weight excluding hydrogens is 381 g/mol. The average molecular weight is 403 g/mol.